The second-order valence-electron chi connectivity index (χ2n) is 13.3. The number of unbranched alkanes of at least 4 members (excludes halogenated alkanes) is 3. The predicted molar refractivity (Wildman–Crippen MR) is 232 cm³/mol. The largest absolute Gasteiger partial charge is 0.494 e. The first-order chi connectivity index (χ1) is 26.6. The van der Waals surface area contributed by atoms with Gasteiger partial charge in [-0.05, 0) is 163 Å². The van der Waals surface area contributed by atoms with Gasteiger partial charge in [-0.15, -0.1) is 34.0 Å². The van der Waals surface area contributed by atoms with Gasteiger partial charge in [0, 0.05) is 19.5 Å². The van der Waals surface area contributed by atoms with Gasteiger partial charge in [-0.1, -0.05) is 40.0 Å². The minimum absolute atomic E-state index is 0.752. The molecule has 0 aliphatic heterocycles. The van der Waals surface area contributed by atoms with E-state index in [9.17, 15) is 0 Å². The minimum atomic E-state index is 0.752. The monoisotopic (exact) mass is 769 g/mol. The minimum Gasteiger partial charge on any atom is -0.494 e. The van der Waals surface area contributed by atoms with E-state index in [1.165, 1.54) is 36.2 Å². The van der Waals surface area contributed by atoms with Gasteiger partial charge in [0.2, 0.25) is 0 Å². The molecule has 0 atom stereocenters. The number of nitrogens with zero attached hydrogens (tertiary/aromatic N) is 1. The van der Waals surface area contributed by atoms with E-state index in [1.807, 2.05) is 11.3 Å². The summed E-state index contributed by atoms with van der Waals surface area (Å²) in [5.74, 6) is 2.76. The first-order valence-corrected chi connectivity index (χ1v) is 21.6. The molecule has 7 aromatic rings. The fourth-order valence-corrected chi connectivity index (χ4v) is 8.93. The Kier molecular flexibility index (Phi) is 12.9. The van der Waals surface area contributed by atoms with Crippen molar-refractivity contribution in [3.8, 4) is 80.2 Å². The van der Waals surface area contributed by atoms with E-state index < -0.39 is 0 Å². The van der Waals surface area contributed by atoms with Crippen molar-refractivity contribution < 1.29 is 14.2 Å². The maximum absolute atomic E-state index is 5.92. The van der Waals surface area contributed by atoms with Gasteiger partial charge in [0.15, 0.2) is 0 Å². The Hall–Kier alpha value is -4.69. The molecule has 0 aliphatic rings. The molecule has 4 aromatic heterocycles. The number of hydrogen-bond acceptors (Lipinski definition) is 7. The van der Waals surface area contributed by atoms with Crippen LogP contribution in [0, 0.1) is 0 Å². The lowest BCUT2D eigenvalue weighted by Gasteiger charge is -2.07. The molecule has 7 heteroatoms. The topological polar surface area (TPSA) is 40.6 Å². The van der Waals surface area contributed by atoms with Gasteiger partial charge in [0.1, 0.15) is 17.2 Å². The molecule has 0 N–H and O–H groups in total. The van der Waals surface area contributed by atoms with Crippen LogP contribution in [0.5, 0.6) is 17.2 Å². The van der Waals surface area contributed by atoms with Crippen molar-refractivity contribution in [2.24, 2.45) is 0 Å². The Bertz CT molecular complexity index is 1950. The van der Waals surface area contributed by atoms with Crippen LogP contribution >= 0.6 is 34.0 Å². The van der Waals surface area contributed by atoms with Crippen LogP contribution in [0.15, 0.2) is 121 Å². The molecular weight excluding hydrogens is 723 g/mol. The standard InChI is InChI=1S/C47H47NO3S3/c1-4-7-28-49-37-16-10-33(11-17-37)42-22-23-45(52-42)36-31-40(46-26-24-43(53-46)34-12-18-38(19-13-34)50-29-8-5-2)48-41(32-36)47-27-25-44(54-47)35-14-20-39(21-15-35)51-30-9-6-3/h10-27,31-32H,4-9,28-30H2,1-3H3. The maximum atomic E-state index is 5.92. The first-order valence-electron chi connectivity index (χ1n) is 19.1. The summed E-state index contributed by atoms with van der Waals surface area (Å²) < 4.78 is 17.7. The highest BCUT2D eigenvalue weighted by molar-refractivity contribution is 7.19. The van der Waals surface area contributed by atoms with Crippen molar-refractivity contribution >= 4 is 34.0 Å². The van der Waals surface area contributed by atoms with Gasteiger partial charge in [-0.25, -0.2) is 4.98 Å². The Morgan fingerprint density at radius 2 is 0.667 bits per heavy atom. The van der Waals surface area contributed by atoms with Gasteiger partial charge in [-0.3, -0.25) is 0 Å². The number of ether oxygens (including phenoxy) is 3. The van der Waals surface area contributed by atoms with Crippen molar-refractivity contribution in [3.05, 3.63) is 121 Å². The fourth-order valence-electron chi connectivity index (χ4n) is 5.98. The highest BCUT2D eigenvalue weighted by Crippen LogP contribution is 2.42. The predicted octanol–water partition coefficient (Wildman–Crippen LogP) is 14.8. The van der Waals surface area contributed by atoms with Gasteiger partial charge < -0.3 is 14.2 Å². The maximum Gasteiger partial charge on any atom is 0.119 e. The van der Waals surface area contributed by atoms with Crippen molar-refractivity contribution in [1.82, 2.24) is 4.98 Å². The van der Waals surface area contributed by atoms with Crippen LogP contribution in [0.1, 0.15) is 59.3 Å². The SMILES string of the molecule is CCCCOc1ccc(-c2ccc(-c3cc(-c4ccc(-c5ccc(OCCCC)cc5)s4)nc(-c4ccc(-c5ccc(OCCCC)cc5)s4)c3)s2)cc1. The van der Waals surface area contributed by atoms with Crippen LogP contribution in [0.4, 0.5) is 0 Å². The summed E-state index contributed by atoms with van der Waals surface area (Å²) in [6.45, 7) is 8.80. The third-order valence-electron chi connectivity index (χ3n) is 9.15. The Morgan fingerprint density at radius 1 is 0.370 bits per heavy atom. The van der Waals surface area contributed by atoms with Gasteiger partial charge in [0.05, 0.1) is 41.0 Å². The van der Waals surface area contributed by atoms with Crippen LogP contribution in [0.3, 0.4) is 0 Å². The average molecular weight is 770 g/mol. The van der Waals surface area contributed by atoms with E-state index in [0.717, 1.165) is 102 Å². The van der Waals surface area contributed by atoms with Crippen LogP contribution in [-0.4, -0.2) is 24.8 Å². The van der Waals surface area contributed by atoms with Crippen molar-refractivity contribution in [2.45, 2.75) is 59.3 Å². The number of hydrogen-bond donors (Lipinski definition) is 0. The zero-order valence-corrected chi connectivity index (χ0v) is 33.8. The molecule has 7 rings (SSSR count). The van der Waals surface area contributed by atoms with Gasteiger partial charge >= 0.3 is 0 Å². The molecule has 3 aromatic carbocycles. The molecule has 54 heavy (non-hydrogen) atoms. The van der Waals surface area contributed by atoms with E-state index >= 15 is 0 Å². The van der Waals surface area contributed by atoms with Crippen molar-refractivity contribution in [3.63, 3.8) is 0 Å². The summed E-state index contributed by atoms with van der Waals surface area (Å²) in [6.07, 6.45) is 6.57. The second kappa shape index (κ2) is 18.6. The summed E-state index contributed by atoms with van der Waals surface area (Å²) >= 11 is 5.36. The Balaban J connectivity index is 1.18. The molecular formula is C47H47NO3S3. The molecule has 0 aliphatic carbocycles. The average Bonchev–Trinajstić information content (AvgIpc) is 4.02. The number of benzene rings is 3. The van der Waals surface area contributed by atoms with Crippen molar-refractivity contribution in [2.75, 3.05) is 19.8 Å². The zero-order valence-electron chi connectivity index (χ0n) is 31.3. The summed E-state index contributed by atoms with van der Waals surface area (Å²) in [7, 11) is 0. The molecule has 0 bridgehead atoms. The molecule has 0 saturated heterocycles. The number of aromatic nitrogens is 1. The Morgan fingerprint density at radius 3 is 1.00 bits per heavy atom. The molecule has 0 fully saturated rings. The smallest absolute Gasteiger partial charge is 0.119 e. The van der Waals surface area contributed by atoms with E-state index in [4.69, 9.17) is 19.2 Å². The van der Waals surface area contributed by atoms with Crippen LogP contribution < -0.4 is 14.2 Å². The van der Waals surface area contributed by atoms with E-state index in [-0.39, 0.29) is 0 Å². The third kappa shape index (κ3) is 9.51. The summed E-state index contributed by atoms with van der Waals surface area (Å²) in [4.78, 5) is 12.4. The molecule has 0 radical (unpaired) electrons. The lowest BCUT2D eigenvalue weighted by molar-refractivity contribution is 0.309. The van der Waals surface area contributed by atoms with E-state index in [2.05, 4.69) is 142 Å². The summed E-state index contributed by atoms with van der Waals surface area (Å²) in [6, 6.07) is 43.2. The second-order valence-corrected chi connectivity index (χ2v) is 16.5. The quantitative estimate of drug-likeness (QED) is 0.0815. The van der Waals surface area contributed by atoms with Gasteiger partial charge in [0.25, 0.3) is 0 Å². The van der Waals surface area contributed by atoms with Crippen LogP contribution in [-0.2, 0) is 0 Å². The lowest BCUT2D eigenvalue weighted by atomic mass is 10.1. The first kappa shape index (κ1) is 37.6. The highest BCUT2D eigenvalue weighted by Gasteiger charge is 2.15. The number of rotatable bonds is 18. The van der Waals surface area contributed by atoms with Gasteiger partial charge in [-0.2, -0.15) is 0 Å². The van der Waals surface area contributed by atoms with E-state index in [0.29, 0.717) is 0 Å². The Labute approximate surface area is 332 Å². The van der Waals surface area contributed by atoms with E-state index in [1.54, 1.807) is 22.7 Å². The lowest BCUT2D eigenvalue weighted by Crippen LogP contribution is -1.95. The fraction of sp³-hybridized carbons (Fsp3) is 0.255. The zero-order chi connectivity index (χ0) is 37.1. The number of thiophene rings is 3. The molecule has 0 unspecified atom stereocenters. The third-order valence-corrected chi connectivity index (χ3v) is 12.6. The number of pyridine rings is 1. The molecule has 4 nitrogen and oxygen atoms in total. The normalized spacial score (nSPS) is 11.2. The molecule has 276 valence electrons. The van der Waals surface area contributed by atoms with Crippen molar-refractivity contribution in [1.29, 1.82) is 0 Å². The summed E-state index contributed by atoms with van der Waals surface area (Å²) in [5, 5.41) is 0. The molecule has 0 amide bonds. The molecule has 0 spiro atoms. The molecule has 4 heterocycles. The van der Waals surface area contributed by atoms with Crippen LogP contribution in [0.2, 0.25) is 0 Å². The highest BCUT2D eigenvalue weighted by atomic mass is 32.1. The summed E-state index contributed by atoms with van der Waals surface area (Å²) in [5.41, 5.74) is 6.67. The molecule has 0 saturated carbocycles. The van der Waals surface area contributed by atoms with Crippen LogP contribution in [0.25, 0.3) is 62.9 Å².